The van der Waals surface area contributed by atoms with Crippen LogP contribution in [0.4, 0.5) is 0 Å². The fraction of sp³-hybridized carbons (Fsp3) is 0.900. The molecular formula is C40H63NO6. The number of aliphatic hydroxyl groups excluding tert-OH is 2. The van der Waals surface area contributed by atoms with Crippen LogP contribution in [0.3, 0.4) is 0 Å². The number of carbonyl (C=O) groups excluding carboxylic acids is 3. The Morgan fingerprint density at radius 2 is 1.19 bits per heavy atom. The summed E-state index contributed by atoms with van der Waals surface area (Å²) in [6.07, 6.45) is 13.3. The van der Waals surface area contributed by atoms with Gasteiger partial charge in [0, 0.05) is 30.1 Å². The van der Waals surface area contributed by atoms with Crippen LogP contribution in [0, 0.1) is 75.6 Å². The third-order valence-corrected chi connectivity index (χ3v) is 16.1. The topological polar surface area (TPSA) is 105 Å². The minimum atomic E-state index is -0.351. The van der Waals surface area contributed by atoms with Gasteiger partial charge in [-0.1, -0.05) is 27.7 Å². The van der Waals surface area contributed by atoms with E-state index in [4.69, 9.17) is 11.3 Å². The highest BCUT2D eigenvalue weighted by molar-refractivity contribution is 5.86. The van der Waals surface area contributed by atoms with Crippen LogP contribution in [0.1, 0.15) is 131 Å². The first-order chi connectivity index (χ1) is 22.2. The highest BCUT2D eigenvalue weighted by atomic mass is 16.5. The maximum Gasteiger partial charge on any atom is 0.293 e. The number of ether oxygens (including phenoxy) is 1. The average Bonchev–Trinajstić information content (AvgIpc) is 3.57. The lowest BCUT2D eigenvalue weighted by Crippen LogP contribution is -2.53. The van der Waals surface area contributed by atoms with E-state index in [0.29, 0.717) is 97.8 Å². The average molecular weight is 654 g/mol. The van der Waals surface area contributed by atoms with E-state index in [0.717, 1.165) is 57.8 Å². The molecule has 7 heteroatoms. The fourth-order valence-electron chi connectivity index (χ4n) is 13.5. The number of hydrogen-bond acceptors (Lipinski definition) is 6. The van der Waals surface area contributed by atoms with E-state index in [1.807, 2.05) is 13.8 Å². The summed E-state index contributed by atoms with van der Waals surface area (Å²) in [5, 5.41) is 20.5. The van der Waals surface area contributed by atoms with Crippen molar-refractivity contribution in [2.75, 3.05) is 13.2 Å². The van der Waals surface area contributed by atoms with Gasteiger partial charge < -0.3 is 19.8 Å². The molecule has 0 radical (unpaired) electrons. The Balaban J connectivity index is 0.000000185. The molecular weight excluding hydrogens is 590 g/mol. The molecule has 264 valence electrons. The first-order valence-electron chi connectivity index (χ1n) is 19.0. The molecule has 6 aliphatic carbocycles. The van der Waals surface area contributed by atoms with Crippen molar-refractivity contribution in [3.8, 4) is 0 Å². The zero-order chi connectivity index (χ0) is 34.4. The van der Waals surface area contributed by atoms with Crippen LogP contribution in [-0.4, -0.2) is 53.6 Å². The molecule has 0 aliphatic heterocycles. The monoisotopic (exact) mass is 653 g/mol. The van der Waals surface area contributed by atoms with Gasteiger partial charge in [-0.15, -0.1) is 0 Å². The van der Waals surface area contributed by atoms with Crippen molar-refractivity contribution in [2.45, 2.75) is 144 Å². The summed E-state index contributed by atoms with van der Waals surface area (Å²) < 4.78 is 4.92. The Morgan fingerprint density at radius 1 is 0.745 bits per heavy atom. The molecule has 0 aromatic carbocycles. The lowest BCUT2D eigenvalue weighted by molar-refractivity contribution is -0.150. The number of ketones is 2. The number of Topliss-reactive ketones (excluding diaryl/α,β-unsaturated/α-hetero) is 2. The zero-order valence-electron chi connectivity index (χ0n) is 30.1. The number of aliphatic hydroxyl groups is 2. The molecule has 6 rings (SSSR count). The minimum Gasteiger partial charge on any atom is -0.468 e. The van der Waals surface area contributed by atoms with Crippen LogP contribution in [0.15, 0.2) is 0 Å². The van der Waals surface area contributed by atoms with Crippen LogP contribution in [0.5, 0.6) is 0 Å². The van der Waals surface area contributed by atoms with Crippen molar-refractivity contribution >= 4 is 18.0 Å². The summed E-state index contributed by atoms with van der Waals surface area (Å²) in [6, 6.07) is 0. The Hall–Kier alpha value is -1.78. The molecule has 0 aromatic heterocycles. The molecule has 6 saturated carbocycles. The first-order valence-corrected chi connectivity index (χ1v) is 19.0. The number of carbonyl (C=O) groups is 3. The quantitative estimate of drug-likeness (QED) is 0.160. The highest BCUT2D eigenvalue weighted by Crippen LogP contribution is 2.66. The van der Waals surface area contributed by atoms with Crippen molar-refractivity contribution in [3.05, 3.63) is 11.4 Å². The van der Waals surface area contributed by atoms with Gasteiger partial charge in [0.15, 0.2) is 0 Å². The molecule has 0 aromatic rings. The molecule has 14 atom stereocenters. The van der Waals surface area contributed by atoms with Crippen molar-refractivity contribution in [3.63, 3.8) is 0 Å². The fourth-order valence-corrected chi connectivity index (χ4v) is 13.5. The lowest BCUT2D eigenvalue weighted by atomic mass is 9.48. The van der Waals surface area contributed by atoms with Crippen LogP contribution >= 0.6 is 0 Å². The summed E-state index contributed by atoms with van der Waals surface area (Å²) >= 11 is 0. The van der Waals surface area contributed by atoms with Crippen molar-refractivity contribution in [1.29, 1.82) is 0 Å². The maximum atomic E-state index is 12.7. The number of rotatable bonds is 8. The van der Waals surface area contributed by atoms with Gasteiger partial charge in [-0.25, -0.2) is 6.57 Å². The Labute approximate surface area is 284 Å². The molecule has 0 spiro atoms. The van der Waals surface area contributed by atoms with E-state index >= 15 is 0 Å². The van der Waals surface area contributed by atoms with Crippen molar-refractivity contribution < 1.29 is 29.3 Å². The molecule has 7 nitrogen and oxygen atoms in total. The standard InChI is InChI=1S/C20H31NO2.C20H32O4/c1-13(22)15-6-7-16-14-5-8-18(23)20(3,11-12-21-4)17(14)9-10-19(15,16)2;1-13(22)15-5-6-16-14-4-7-18(23)20(3,10-11-24-12-21)17(14)8-9-19(15,16)2/h13-17,22H,5-12H2,1-3H3;12-17,22H,4-11H2,1-3H3/t2*13-,14-,15+,16-,17+,19+,20-/m00/s1. The van der Waals surface area contributed by atoms with Gasteiger partial charge in [-0.05, 0) is 143 Å². The van der Waals surface area contributed by atoms with Gasteiger partial charge in [0.25, 0.3) is 6.47 Å². The summed E-state index contributed by atoms with van der Waals surface area (Å²) in [4.78, 5) is 39.4. The van der Waals surface area contributed by atoms with Gasteiger partial charge in [0.1, 0.15) is 11.6 Å². The molecule has 0 bridgehead atoms. The molecule has 0 unspecified atom stereocenters. The zero-order valence-corrected chi connectivity index (χ0v) is 30.1. The van der Waals surface area contributed by atoms with Gasteiger partial charge in [-0.2, -0.15) is 0 Å². The summed E-state index contributed by atoms with van der Waals surface area (Å²) in [6.45, 7) is 21.3. The Kier molecular flexibility index (Phi) is 10.8. The molecule has 0 amide bonds. The number of nitrogens with zero attached hydrogens (tertiary/aromatic N) is 1. The molecule has 6 fully saturated rings. The predicted molar refractivity (Wildman–Crippen MR) is 182 cm³/mol. The molecule has 0 saturated heterocycles. The van der Waals surface area contributed by atoms with E-state index in [1.54, 1.807) is 0 Å². The summed E-state index contributed by atoms with van der Waals surface area (Å²) in [5.41, 5.74) is -0.166. The van der Waals surface area contributed by atoms with Crippen LogP contribution < -0.4 is 0 Å². The van der Waals surface area contributed by atoms with E-state index in [-0.39, 0.29) is 33.9 Å². The van der Waals surface area contributed by atoms with E-state index in [1.165, 1.54) is 12.8 Å². The Morgan fingerprint density at radius 3 is 1.60 bits per heavy atom. The molecule has 2 N–H and O–H groups in total. The summed E-state index contributed by atoms with van der Waals surface area (Å²) in [5.74, 6) is 4.89. The van der Waals surface area contributed by atoms with E-state index < -0.39 is 0 Å². The predicted octanol–water partition coefficient (Wildman–Crippen LogP) is 7.46. The minimum absolute atomic E-state index is 0.218. The lowest BCUT2D eigenvalue weighted by Gasteiger charge is -2.56. The van der Waals surface area contributed by atoms with Gasteiger partial charge >= 0.3 is 0 Å². The SMILES string of the molecule is C[C@H](O)[C@H]1CC[C@H]2[C@@H]3CCC(=O)[C@@](C)(CCOC=O)[C@@H]3CC[C@]12C.[C-]#[N+]CC[C@]1(C)C(=O)CC[C@@H]2[C@H]1CC[C@]1(C)[C@@H]([C@H](C)O)CC[C@@H]21. The molecule has 0 heterocycles. The third kappa shape index (κ3) is 6.15. The second kappa shape index (κ2) is 13.9. The summed E-state index contributed by atoms with van der Waals surface area (Å²) in [7, 11) is 0. The molecule has 6 aliphatic rings. The second-order valence-corrected chi connectivity index (χ2v) is 17.8. The third-order valence-electron chi connectivity index (χ3n) is 16.1. The van der Waals surface area contributed by atoms with E-state index in [2.05, 4.69) is 32.5 Å². The van der Waals surface area contributed by atoms with Gasteiger partial charge in [0.05, 0.1) is 18.8 Å². The largest absolute Gasteiger partial charge is 0.468 e. The number of fused-ring (bicyclic) bond motifs is 6. The number of hydrogen-bond donors (Lipinski definition) is 2. The molecule has 47 heavy (non-hydrogen) atoms. The second-order valence-electron chi connectivity index (χ2n) is 17.8. The highest BCUT2D eigenvalue weighted by Gasteiger charge is 2.61. The van der Waals surface area contributed by atoms with Crippen molar-refractivity contribution in [1.82, 2.24) is 0 Å². The first kappa shape index (κ1) is 36.5. The normalized spacial score (nSPS) is 46.8. The van der Waals surface area contributed by atoms with Gasteiger partial charge in [-0.3, -0.25) is 14.4 Å². The van der Waals surface area contributed by atoms with Crippen LogP contribution in [0.25, 0.3) is 4.85 Å². The van der Waals surface area contributed by atoms with Gasteiger partial charge in [0.2, 0.25) is 6.54 Å². The van der Waals surface area contributed by atoms with E-state index in [9.17, 15) is 24.6 Å². The smallest absolute Gasteiger partial charge is 0.293 e. The maximum absolute atomic E-state index is 12.7. The Bertz CT molecular complexity index is 1210. The van der Waals surface area contributed by atoms with Crippen LogP contribution in [0.2, 0.25) is 0 Å². The van der Waals surface area contributed by atoms with Crippen LogP contribution in [-0.2, 0) is 19.1 Å². The van der Waals surface area contributed by atoms with Crippen molar-refractivity contribution in [2.24, 2.45) is 69.0 Å².